The summed E-state index contributed by atoms with van der Waals surface area (Å²) in [6.45, 7) is 1.90. The maximum Gasteiger partial charge on any atom is 0.306 e. The van der Waals surface area contributed by atoms with Crippen LogP contribution in [0.4, 0.5) is 5.69 Å². The van der Waals surface area contributed by atoms with Gasteiger partial charge in [0.25, 0.3) is 5.91 Å². The SMILES string of the molecule is Cc1ccc(C2=NN3[C@@H](C2)c2ccccc2O[C@]32C(=O)Nc3ccc(Cl)cc32)o1. The molecular weight excluding hydrogens is 390 g/mol. The van der Waals surface area contributed by atoms with E-state index in [1.165, 1.54) is 0 Å². The molecule has 0 saturated carbocycles. The van der Waals surface area contributed by atoms with Gasteiger partial charge in [0.05, 0.1) is 17.3 Å². The predicted octanol–water partition coefficient (Wildman–Crippen LogP) is 4.59. The van der Waals surface area contributed by atoms with Crippen molar-refractivity contribution in [2.24, 2.45) is 5.10 Å². The number of aryl methyl sites for hydroxylation is 1. The molecule has 1 spiro atoms. The molecule has 6 rings (SSSR count). The Hall–Kier alpha value is -3.25. The second-order valence-corrected chi connectivity index (χ2v) is 7.89. The summed E-state index contributed by atoms with van der Waals surface area (Å²) in [6, 6.07) is 16.7. The topological polar surface area (TPSA) is 67.1 Å². The largest absolute Gasteiger partial charge is 0.460 e. The van der Waals surface area contributed by atoms with Crippen molar-refractivity contribution in [1.29, 1.82) is 0 Å². The highest BCUT2D eigenvalue weighted by atomic mass is 35.5. The number of anilines is 1. The molecular formula is C22H16ClN3O3. The molecule has 0 bridgehead atoms. The first-order chi connectivity index (χ1) is 14.1. The molecule has 1 aromatic heterocycles. The van der Waals surface area contributed by atoms with Crippen LogP contribution in [0.1, 0.15) is 35.1 Å². The van der Waals surface area contributed by atoms with Crippen LogP contribution in [0.25, 0.3) is 0 Å². The van der Waals surface area contributed by atoms with Gasteiger partial charge in [0, 0.05) is 17.0 Å². The van der Waals surface area contributed by atoms with Crippen molar-refractivity contribution in [3.8, 4) is 5.75 Å². The predicted molar refractivity (Wildman–Crippen MR) is 108 cm³/mol. The Kier molecular flexibility index (Phi) is 3.24. The number of amides is 1. The molecule has 0 aliphatic carbocycles. The Morgan fingerprint density at radius 2 is 2.07 bits per heavy atom. The highest BCUT2D eigenvalue weighted by Crippen LogP contribution is 2.54. The monoisotopic (exact) mass is 405 g/mol. The molecule has 1 amide bonds. The number of ether oxygens (including phenoxy) is 1. The molecule has 29 heavy (non-hydrogen) atoms. The van der Waals surface area contributed by atoms with Crippen molar-refractivity contribution in [3.63, 3.8) is 0 Å². The summed E-state index contributed by atoms with van der Waals surface area (Å²) in [5, 5.41) is 10.1. The van der Waals surface area contributed by atoms with Gasteiger partial charge in [-0.05, 0) is 43.3 Å². The number of fused-ring (bicyclic) bond motifs is 6. The number of para-hydroxylation sites is 1. The Balaban J connectivity index is 1.59. The van der Waals surface area contributed by atoms with Crippen LogP contribution in [0, 0.1) is 6.92 Å². The molecule has 144 valence electrons. The first-order valence-corrected chi connectivity index (χ1v) is 9.77. The Bertz CT molecular complexity index is 1220. The quantitative estimate of drug-likeness (QED) is 0.643. The number of benzene rings is 2. The smallest absolute Gasteiger partial charge is 0.306 e. The summed E-state index contributed by atoms with van der Waals surface area (Å²) in [5.74, 6) is 1.91. The number of carbonyl (C=O) groups is 1. The summed E-state index contributed by atoms with van der Waals surface area (Å²) in [5.41, 5.74) is 1.70. The van der Waals surface area contributed by atoms with Crippen LogP contribution in [-0.2, 0) is 10.5 Å². The van der Waals surface area contributed by atoms with E-state index in [2.05, 4.69) is 5.32 Å². The lowest BCUT2D eigenvalue weighted by atomic mass is 9.93. The number of furan rings is 1. The summed E-state index contributed by atoms with van der Waals surface area (Å²) in [4.78, 5) is 13.3. The van der Waals surface area contributed by atoms with Gasteiger partial charge in [0.2, 0.25) is 0 Å². The summed E-state index contributed by atoms with van der Waals surface area (Å²) in [7, 11) is 0. The van der Waals surface area contributed by atoms with Crippen molar-refractivity contribution < 1.29 is 13.9 Å². The zero-order valence-corrected chi connectivity index (χ0v) is 16.2. The van der Waals surface area contributed by atoms with Gasteiger partial charge in [0.1, 0.15) is 23.0 Å². The Morgan fingerprint density at radius 1 is 1.21 bits per heavy atom. The van der Waals surface area contributed by atoms with E-state index >= 15 is 0 Å². The third-order valence-corrected chi connectivity index (χ3v) is 5.93. The normalized spacial score (nSPS) is 23.9. The first-order valence-electron chi connectivity index (χ1n) is 9.39. The molecule has 2 aromatic carbocycles. The fourth-order valence-electron chi connectivity index (χ4n) is 4.40. The first kappa shape index (κ1) is 16.7. The average Bonchev–Trinajstić information content (AvgIpc) is 3.40. The van der Waals surface area contributed by atoms with E-state index in [-0.39, 0.29) is 11.9 Å². The zero-order chi connectivity index (χ0) is 19.8. The third-order valence-electron chi connectivity index (χ3n) is 5.70. The summed E-state index contributed by atoms with van der Waals surface area (Å²) >= 11 is 6.28. The van der Waals surface area contributed by atoms with Crippen molar-refractivity contribution in [1.82, 2.24) is 5.01 Å². The second-order valence-electron chi connectivity index (χ2n) is 7.45. The molecule has 3 aromatic rings. The van der Waals surface area contributed by atoms with Crippen molar-refractivity contribution in [2.75, 3.05) is 5.32 Å². The number of hydrogen-bond donors (Lipinski definition) is 1. The highest BCUT2D eigenvalue weighted by Gasteiger charge is 2.61. The molecule has 0 unspecified atom stereocenters. The molecule has 0 saturated heterocycles. The van der Waals surface area contributed by atoms with E-state index in [0.29, 0.717) is 34.2 Å². The van der Waals surface area contributed by atoms with Crippen molar-refractivity contribution in [2.45, 2.75) is 25.1 Å². The van der Waals surface area contributed by atoms with Crippen molar-refractivity contribution in [3.05, 3.63) is 82.3 Å². The van der Waals surface area contributed by atoms with Crippen LogP contribution in [0.15, 0.2) is 64.1 Å². The minimum Gasteiger partial charge on any atom is -0.460 e. The molecule has 1 N–H and O–H groups in total. The molecule has 0 fully saturated rings. The van der Waals surface area contributed by atoms with E-state index in [0.717, 1.165) is 17.0 Å². The highest BCUT2D eigenvalue weighted by molar-refractivity contribution is 6.31. The average molecular weight is 406 g/mol. The van der Waals surface area contributed by atoms with Crippen LogP contribution < -0.4 is 10.1 Å². The minimum absolute atomic E-state index is 0.156. The molecule has 2 atom stereocenters. The number of hydrazone groups is 1. The van der Waals surface area contributed by atoms with E-state index in [1.807, 2.05) is 43.3 Å². The maximum atomic E-state index is 13.3. The lowest BCUT2D eigenvalue weighted by Gasteiger charge is -2.43. The lowest BCUT2D eigenvalue weighted by molar-refractivity contribution is -0.161. The number of nitrogens with zero attached hydrogens (tertiary/aromatic N) is 2. The number of halogens is 1. The third kappa shape index (κ3) is 2.17. The van der Waals surface area contributed by atoms with Crippen LogP contribution in [0.2, 0.25) is 5.02 Å². The fourth-order valence-corrected chi connectivity index (χ4v) is 4.57. The maximum absolute atomic E-state index is 13.3. The Labute approximate surface area is 171 Å². The zero-order valence-electron chi connectivity index (χ0n) is 15.5. The molecule has 7 heteroatoms. The van der Waals surface area contributed by atoms with Gasteiger partial charge < -0.3 is 14.5 Å². The number of nitrogens with one attached hydrogen (secondary N) is 1. The van der Waals surface area contributed by atoms with Crippen LogP contribution >= 0.6 is 11.6 Å². The van der Waals surface area contributed by atoms with Gasteiger partial charge >= 0.3 is 5.72 Å². The summed E-state index contributed by atoms with van der Waals surface area (Å²) in [6.07, 6.45) is 0.609. The number of hydrogen-bond acceptors (Lipinski definition) is 5. The lowest BCUT2D eigenvalue weighted by Crippen LogP contribution is -2.55. The number of carbonyl (C=O) groups excluding carboxylic acids is 1. The van der Waals surface area contributed by atoms with Gasteiger partial charge in [-0.3, -0.25) is 4.79 Å². The van der Waals surface area contributed by atoms with Crippen LogP contribution in [0.3, 0.4) is 0 Å². The second kappa shape index (κ2) is 5.64. The Morgan fingerprint density at radius 3 is 2.90 bits per heavy atom. The van der Waals surface area contributed by atoms with Gasteiger partial charge in [-0.15, -0.1) is 0 Å². The van der Waals surface area contributed by atoms with E-state index in [9.17, 15) is 4.79 Å². The summed E-state index contributed by atoms with van der Waals surface area (Å²) < 4.78 is 12.2. The van der Waals surface area contributed by atoms with Crippen molar-refractivity contribution >= 4 is 28.9 Å². The molecule has 6 nitrogen and oxygen atoms in total. The fraction of sp³-hybridized carbons (Fsp3) is 0.182. The minimum atomic E-state index is -1.41. The van der Waals surface area contributed by atoms with Gasteiger partial charge in [0.15, 0.2) is 0 Å². The van der Waals surface area contributed by atoms with E-state index < -0.39 is 5.72 Å². The van der Waals surface area contributed by atoms with Gasteiger partial charge in [-0.2, -0.15) is 5.10 Å². The van der Waals surface area contributed by atoms with Crippen LogP contribution in [0.5, 0.6) is 5.75 Å². The molecule has 3 aliphatic rings. The van der Waals surface area contributed by atoms with Gasteiger partial charge in [-0.1, -0.05) is 29.8 Å². The van der Waals surface area contributed by atoms with Crippen LogP contribution in [-0.4, -0.2) is 16.6 Å². The molecule has 4 heterocycles. The molecule has 0 radical (unpaired) electrons. The number of rotatable bonds is 1. The van der Waals surface area contributed by atoms with Gasteiger partial charge in [-0.25, -0.2) is 5.01 Å². The van der Waals surface area contributed by atoms with E-state index in [4.69, 9.17) is 25.9 Å². The van der Waals surface area contributed by atoms with E-state index in [1.54, 1.807) is 23.2 Å². The molecule has 3 aliphatic heterocycles. The standard InChI is InChI=1S/C22H16ClN3O3/c1-12-6-9-20(28-12)17-11-18-14-4-2-3-5-19(14)29-22(26(18)25-17)15-10-13(23)7-8-16(15)24-21(22)27/h2-10,18H,11H2,1H3,(H,24,27)/t18-,22+/m0/s1.